The Hall–Kier alpha value is -3.35. The molecule has 32 heavy (non-hydrogen) atoms. The molecule has 1 aliphatic heterocycles. The molecule has 2 aliphatic rings. The molecule has 0 aromatic heterocycles. The first-order valence-electron chi connectivity index (χ1n) is 10.9. The second-order valence-corrected chi connectivity index (χ2v) is 8.50. The highest BCUT2D eigenvalue weighted by Crippen LogP contribution is 2.45. The van der Waals surface area contributed by atoms with Crippen molar-refractivity contribution in [1.82, 2.24) is 4.90 Å². The Morgan fingerprint density at radius 3 is 2.16 bits per heavy atom. The Kier molecular flexibility index (Phi) is 5.91. The fourth-order valence-electron chi connectivity index (χ4n) is 4.77. The highest BCUT2D eigenvalue weighted by Gasteiger charge is 2.52. The van der Waals surface area contributed by atoms with Gasteiger partial charge < -0.3 is 15.2 Å². The summed E-state index contributed by atoms with van der Waals surface area (Å²) in [4.78, 5) is 33.2. The molecule has 7 nitrogen and oxygen atoms in total. The lowest BCUT2D eigenvalue weighted by Gasteiger charge is -2.42. The molecule has 1 saturated carbocycles. The summed E-state index contributed by atoms with van der Waals surface area (Å²) in [7, 11) is 3.08. The molecule has 1 atom stereocenters. The molecule has 2 aromatic rings. The molecule has 0 radical (unpaired) electrons. The van der Waals surface area contributed by atoms with E-state index in [9.17, 15) is 9.59 Å². The van der Waals surface area contributed by atoms with Gasteiger partial charge in [0.1, 0.15) is 28.9 Å². The minimum atomic E-state index is -0.990. The molecule has 7 heteroatoms. The smallest absolute Gasteiger partial charge is 0.275 e. The van der Waals surface area contributed by atoms with Crippen molar-refractivity contribution in [2.75, 3.05) is 14.2 Å². The first-order chi connectivity index (χ1) is 15.4. The molecular formula is C25H29N3O4. The zero-order valence-corrected chi connectivity index (χ0v) is 18.8. The molecule has 2 aromatic carbocycles. The number of ether oxygens (including phenoxy) is 2. The number of nitrogens with zero attached hydrogens (tertiary/aromatic N) is 2. The van der Waals surface area contributed by atoms with Crippen molar-refractivity contribution in [2.45, 2.75) is 50.7 Å². The number of carbonyl (C=O) groups is 2. The zero-order valence-electron chi connectivity index (χ0n) is 18.8. The van der Waals surface area contributed by atoms with Crippen LogP contribution < -0.4 is 15.2 Å². The van der Waals surface area contributed by atoms with Crippen molar-refractivity contribution in [3.63, 3.8) is 0 Å². The summed E-state index contributed by atoms with van der Waals surface area (Å²) in [5.41, 5.74) is 7.92. The van der Waals surface area contributed by atoms with E-state index in [1.54, 1.807) is 37.3 Å². The van der Waals surface area contributed by atoms with E-state index in [-0.39, 0.29) is 5.91 Å². The molecular weight excluding hydrogens is 406 g/mol. The average Bonchev–Trinajstić information content (AvgIpc) is 3.06. The van der Waals surface area contributed by atoms with E-state index < -0.39 is 17.6 Å². The van der Waals surface area contributed by atoms with Crippen molar-refractivity contribution in [2.24, 2.45) is 10.7 Å². The number of hydrogen-bond donors (Lipinski definition) is 1. The van der Waals surface area contributed by atoms with Crippen molar-refractivity contribution in [3.8, 4) is 11.5 Å². The number of benzene rings is 2. The van der Waals surface area contributed by atoms with E-state index in [1.165, 1.54) is 0 Å². The molecule has 2 amide bonds. The number of hydrogen-bond acceptors (Lipinski definition) is 5. The SMILES string of the molecule is COc1cc(OC)cc(C(C(N)=O)N2C(=O)C(c3ccc(C)cc3)=NC23CCCCC3)c1. The Bertz CT molecular complexity index is 1030. The van der Waals surface area contributed by atoms with Crippen molar-refractivity contribution < 1.29 is 19.1 Å². The third kappa shape index (κ3) is 3.83. The number of amides is 2. The highest BCUT2D eigenvalue weighted by molar-refractivity contribution is 6.47. The zero-order chi connectivity index (χ0) is 22.9. The monoisotopic (exact) mass is 435 g/mol. The Morgan fingerprint density at radius 2 is 1.62 bits per heavy atom. The molecule has 1 fully saturated rings. The summed E-state index contributed by atoms with van der Waals surface area (Å²) >= 11 is 0. The normalized spacial score (nSPS) is 18.4. The van der Waals surface area contributed by atoms with Gasteiger partial charge in [-0.1, -0.05) is 36.2 Å². The van der Waals surface area contributed by atoms with E-state index in [1.807, 2.05) is 31.2 Å². The highest BCUT2D eigenvalue weighted by atomic mass is 16.5. The third-order valence-electron chi connectivity index (χ3n) is 6.39. The predicted octanol–water partition coefficient (Wildman–Crippen LogP) is 3.53. The number of methoxy groups -OCH3 is 2. The fraction of sp³-hybridized carbons (Fsp3) is 0.400. The van der Waals surface area contributed by atoms with Gasteiger partial charge in [0.05, 0.1) is 14.2 Å². The molecule has 1 aliphatic carbocycles. The van der Waals surface area contributed by atoms with Crippen LogP contribution in [0.1, 0.15) is 54.8 Å². The van der Waals surface area contributed by atoms with Gasteiger partial charge in [-0.3, -0.25) is 19.5 Å². The molecule has 1 heterocycles. The van der Waals surface area contributed by atoms with Crippen LogP contribution in [-0.4, -0.2) is 42.3 Å². The number of aryl methyl sites for hydroxylation is 1. The van der Waals surface area contributed by atoms with Crippen LogP contribution >= 0.6 is 0 Å². The molecule has 2 N–H and O–H groups in total. The molecule has 168 valence electrons. The third-order valence-corrected chi connectivity index (χ3v) is 6.39. The van der Waals surface area contributed by atoms with E-state index >= 15 is 0 Å². The van der Waals surface area contributed by atoms with Crippen LogP contribution in [0.15, 0.2) is 47.5 Å². The van der Waals surface area contributed by atoms with Crippen LogP contribution in [0.25, 0.3) is 0 Å². The predicted molar refractivity (Wildman–Crippen MR) is 122 cm³/mol. The standard InChI is InChI=1S/C25H29N3O4/c1-16-7-9-17(10-8-16)21-24(30)28(25(27-21)11-5-4-6-12-25)22(23(26)29)18-13-19(31-2)15-20(14-18)32-3/h7-10,13-15,22H,4-6,11-12H2,1-3H3,(H2,26,29). The van der Waals surface area contributed by atoms with Crippen LogP contribution in [-0.2, 0) is 9.59 Å². The van der Waals surface area contributed by atoms with Gasteiger partial charge in [-0.25, -0.2) is 0 Å². The molecule has 1 unspecified atom stereocenters. The van der Waals surface area contributed by atoms with Gasteiger partial charge in [-0.2, -0.15) is 0 Å². The molecule has 0 bridgehead atoms. The maximum Gasteiger partial charge on any atom is 0.275 e. The summed E-state index contributed by atoms with van der Waals surface area (Å²) in [5.74, 6) is 0.157. The quantitative estimate of drug-likeness (QED) is 0.751. The van der Waals surface area contributed by atoms with Gasteiger partial charge in [-0.15, -0.1) is 0 Å². The number of nitrogens with two attached hydrogens (primary N) is 1. The topological polar surface area (TPSA) is 94.2 Å². The second kappa shape index (κ2) is 8.65. The molecule has 4 rings (SSSR count). The lowest BCUT2D eigenvalue weighted by molar-refractivity contribution is -0.141. The van der Waals surface area contributed by atoms with Crippen LogP contribution in [0.3, 0.4) is 0 Å². The van der Waals surface area contributed by atoms with Crippen LogP contribution in [0.2, 0.25) is 0 Å². The number of rotatable bonds is 6. The number of carbonyl (C=O) groups excluding carboxylic acids is 2. The summed E-state index contributed by atoms with van der Waals surface area (Å²) in [6.07, 6.45) is 4.33. The summed E-state index contributed by atoms with van der Waals surface area (Å²) in [5, 5.41) is 0. The fourth-order valence-corrected chi connectivity index (χ4v) is 4.77. The van der Waals surface area contributed by atoms with Gasteiger partial charge in [-0.05, 0) is 50.3 Å². The van der Waals surface area contributed by atoms with Gasteiger partial charge in [0.2, 0.25) is 5.91 Å². The number of aliphatic imine (C=N–C) groups is 1. The van der Waals surface area contributed by atoms with E-state index in [4.69, 9.17) is 20.2 Å². The maximum absolute atomic E-state index is 13.8. The first-order valence-corrected chi connectivity index (χ1v) is 10.9. The lowest BCUT2D eigenvalue weighted by Crippen LogP contribution is -2.53. The molecule has 0 saturated heterocycles. The Morgan fingerprint density at radius 1 is 1.03 bits per heavy atom. The van der Waals surface area contributed by atoms with Gasteiger partial charge in [0.15, 0.2) is 0 Å². The summed E-state index contributed by atoms with van der Waals surface area (Å²) < 4.78 is 10.8. The van der Waals surface area contributed by atoms with Crippen molar-refractivity contribution in [1.29, 1.82) is 0 Å². The maximum atomic E-state index is 13.8. The summed E-state index contributed by atoms with van der Waals surface area (Å²) in [6, 6.07) is 11.9. The average molecular weight is 436 g/mol. The van der Waals surface area contributed by atoms with Crippen LogP contribution in [0, 0.1) is 6.92 Å². The van der Waals surface area contributed by atoms with Crippen LogP contribution in [0.5, 0.6) is 11.5 Å². The van der Waals surface area contributed by atoms with Crippen molar-refractivity contribution in [3.05, 3.63) is 59.2 Å². The Labute approximate surface area is 188 Å². The first kappa shape index (κ1) is 21.9. The lowest BCUT2D eigenvalue weighted by atomic mass is 9.86. The van der Waals surface area contributed by atoms with Gasteiger partial charge >= 0.3 is 0 Å². The minimum absolute atomic E-state index is 0.277. The summed E-state index contributed by atoms with van der Waals surface area (Å²) in [6.45, 7) is 2.00. The minimum Gasteiger partial charge on any atom is -0.497 e. The van der Waals surface area contributed by atoms with E-state index in [2.05, 4.69) is 0 Å². The van der Waals surface area contributed by atoms with E-state index in [0.29, 0.717) is 35.6 Å². The molecule has 1 spiro atoms. The second-order valence-electron chi connectivity index (χ2n) is 8.50. The van der Waals surface area contributed by atoms with Gasteiger partial charge in [0.25, 0.3) is 5.91 Å². The van der Waals surface area contributed by atoms with Crippen molar-refractivity contribution >= 4 is 17.5 Å². The van der Waals surface area contributed by atoms with Crippen LogP contribution in [0.4, 0.5) is 0 Å². The van der Waals surface area contributed by atoms with Gasteiger partial charge in [0, 0.05) is 11.6 Å². The largest absolute Gasteiger partial charge is 0.497 e. The Balaban J connectivity index is 1.84. The number of primary amides is 1. The van der Waals surface area contributed by atoms with E-state index in [0.717, 1.165) is 30.4 Å².